The molecule has 1 aliphatic rings. The average molecular weight is 438 g/mol. The molecule has 168 valence electrons. The van der Waals surface area contributed by atoms with Crippen LogP contribution in [0.3, 0.4) is 0 Å². The molecule has 2 aromatic carbocycles. The number of rotatable bonds is 10. The predicted molar refractivity (Wildman–Crippen MR) is 121 cm³/mol. The first-order valence-corrected chi connectivity index (χ1v) is 10.8. The Morgan fingerprint density at radius 2 is 1.84 bits per heavy atom. The summed E-state index contributed by atoms with van der Waals surface area (Å²) < 4.78 is 18.2. The van der Waals surface area contributed by atoms with Gasteiger partial charge in [-0.3, -0.25) is 14.4 Å². The van der Waals surface area contributed by atoms with Crippen LogP contribution < -0.4 is 10.6 Å². The third kappa shape index (κ3) is 6.26. The van der Waals surface area contributed by atoms with Crippen molar-refractivity contribution in [3.05, 3.63) is 65.0 Å². The van der Waals surface area contributed by atoms with Crippen molar-refractivity contribution in [2.75, 3.05) is 19.0 Å². The van der Waals surface area contributed by atoms with Gasteiger partial charge in [0.2, 0.25) is 0 Å². The van der Waals surface area contributed by atoms with Crippen LogP contribution in [-0.2, 0) is 14.3 Å². The minimum Gasteiger partial charge on any atom is -0.469 e. The fraction of sp³-hybridized carbons (Fsp3) is 0.320. The van der Waals surface area contributed by atoms with Gasteiger partial charge in [-0.25, -0.2) is 4.39 Å². The largest absolute Gasteiger partial charge is 0.469 e. The predicted octanol–water partition coefficient (Wildman–Crippen LogP) is 4.56. The Hall–Kier alpha value is -3.48. The number of hydrogen-bond acceptors (Lipinski definition) is 4. The maximum atomic E-state index is 13.6. The summed E-state index contributed by atoms with van der Waals surface area (Å²) in [6.07, 6.45) is 6.71. The van der Waals surface area contributed by atoms with Crippen LogP contribution in [0.2, 0.25) is 0 Å². The zero-order valence-corrected chi connectivity index (χ0v) is 18.1. The molecule has 32 heavy (non-hydrogen) atoms. The number of amides is 2. The van der Waals surface area contributed by atoms with Gasteiger partial charge in [0.1, 0.15) is 5.82 Å². The van der Waals surface area contributed by atoms with Crippen LogP contribution in [-0.4, -0.2) is 31.4 Å². The second-order valence-corrected chi connectivity index (χ2v) is 7.68. The van der Waals surface area contributed by atoms with Gasteiger partial charge in [0.15, 0.2) is 0 Å². The summed E-state index contributed by atoms with van der Waals surface area (Å²) in [6.45, 7) is 0.566. The van der Waals surface area contributed by atoms with E-state index in [0.29, 0.717) is 40.9 Å². The summed E-state index contributed by atoms with van der Waals surface area (Å²) >= 11 is 0. The lowest BCUT2D eigenvalue weighted by molar-refractivity contribution is -0.140. The highest BCUT2D eigenvalue weighted by molar-refractivity contribution is 6.34. The minimum absolute atomic E-state index is 0.180. The third-order valence-corrected chi connectivity index (χ3v) is 5.30. The van der Waals surface area contributed by atoms with E-state index in [4.69, 9.17) is 0 Å². The minimum atomic E-state index is -0.414. The van der Waals surface area contributed by atoms with Gasteiger partial charge in [0.05, 0.1) is 7.11 Å². The molecule has 0 saturated heterocycles. The van der Waals surface area contributed by atoms with Crippen molar-refractivity contribution in [1.82, 2.24) is 5.32 Å². The number of nitrogens with one attached hydrogen (secondary N) is 2. The lowest BCUT2D eigenvalue weighted by Crippen LogP contribution is -2.24. The van der Waals surface area contributed by atoms with Crippen molar-refractivity contribution in [3.63, 3.8) is 0 Å². The highest BCUT2D eigenvalue weighted by atomic mass is 19.1. The summed E-state index contributed by atoms with van der Waals surface area (Å²) in [4.78, 5) is 35.8. The van der Waals surface area contributed by atoms with Crippen LogP contribution in [0.1, 0.15) is 60.0 Å². The molecule has 6 nitrogen and oxygen atoms in total. The molecular formula is C25H27FN2O4. The molecule has 3 rings (SSSR count). The zero-order valence-electron chi connectivity index (χ0n) is 18.1. The van der Waals surface area contributed by atoms with E-state index in [9.17, 15) is 18.8 Å². The van der Waals surface area contributed by atoms with E-state index in [1.165, 1.54) is 25.3 Å². The number of hydrogen-bond donors (Lipinski definition) is 2. The monoisotopic (exact) mass is 438 g/mol. The summed E-state index contributed by atoms with van der Waals surface area (Å²) in [7, 11) is 1.39. The van der Waals surface area contributed by atoms with Crippen LogP contribution in [0.4, 0.5) is 10.1 Å². The van der Waals surface area contributed by atoms with Crippen LogP contribution in [0.5, 0.6) is 0 Å². The molecule has 0 aromatic heterocycles. The van der Waals surface area contributed by atoms with E-state index in [-0.39, 0.29) is 17.8 Å². The van der Waals surface area contributed by atoms with Crippen LogP contribution in [0.15, 0.2) is 42.5 Å². The Labute approximate surface area is 186 Å². The normalized spacial score (nSPS) is 13.6. The quantitative estimate of drug-likeness (QED) is 0.324. The van der Waals surface area contributed by atoms with Gasteiger partial charge < -0.3 is 15.4 Å². The van der Waals surface area contributed by atoms with Crippen LogP contribution in [0, 0.1) is 5.82 Å². The fourth-order valence-electron chi connectivity index (χ4n) is 3.57. The maximum Gasteiger partial charge on any atom is 0.305 e. The maximum absolute atomic E-state index is 13.6. The number of esters is 1. The number of ether oxygens (including phenoxy) is 1. The molecule has 0 radical (unpaired) electrons. The van der Waals surface area contributed by atoms with Gasteiger partial charge in [0, 0.05) is 35.4 Å². The van der Waals surface area contributed by atoms with E-state index in [0.717, 1.165) is 32.1 Å². The van der Waals surface area contributed by atoms with E-state index in [1.807, 2.05) is 0 Å². The average Bonchev–Trinajstić information content (AvgIpc) is 3.09. The summed E-state index contributed by atoms with van der Waals surface area (Å²) in [5.74, 6) is -1.08. The Morgan fingerprint density at radius 1 is 1.06 bits per heavy atom. The SMILES string of the molecule is COC(=O)CCCCCCCNC(=O)c1cccc(/C=C2\C(=O)Nc3ccc(F)cc32)c1. The molecule has 2 N–H and O–H groups in total. The van der Waals surface area contributed by atoms with Crippen molar-refractivity contribution < 1.29 is 23.5 Å². The molecule has 0 unspecified atom stereocenters. The Kier molecular flexibility index (Phi) is 8.14. The number of carbonyl (C=O) groups excluding carboxylic acids is 3. The number of benzene rings is 2. The van der Waals surface area contributed by atoms with Gasteiger partial charge in [0.25, 0.3) is 11.8 Å². The smallest absolute Gasteiger partial charge is 0.305 e. The molecular weight excluding hydrogens is 411 g/mol. The highest BCUT2D eigenvalue weighted by Crippen LogP contribution is 2.33. The number of fused-ring (bicyclic) bond motifs is 1. The Bertz CT molecular complexity index is 1030. The van der Waals surface area contributed by atoms with E-state index >= 15 is 0 Å². The van der Waals surface area contributed by atoms with Crippen molar-refractivity contribution in [3.8, 4) is 0 Å². The van der Waals surface area contributed by atoms with Gasteiger partial charge in [-0.05, 0) is 54.8 Å². The summed E-state index contributed by atoms with van der Waals surface area (Å²) in [5, 5.41) is 5.62. The molecule has 0 aliphatic carbocycles. The summed E-state index contributed by atoms with van der Waals surface area (Å²) in [5.41, 5.74) is 2.63. The summed E-state index contributed by atoms with van der Waals surface area (Å²) in [6, 6.07) is 11.1. The highest BCUT2D eigenvalue weighted by Gasteiger charge is 2.24. The number of anilines is 1. The first kappa shape index (κ1) is 23.2. The van der Waals surface area contributed by atoms with E-state index in [1.54, 1.807) is 30.3 Å². The lowest BCUT2D eigenvalue weighted by Gasteiger charge is -2.06. The molecule has 0 atom stereocenters. The zero-order chi connectivity index (χ0) is 22.9. The standard InChI is InChI=1S/C25H27FN2O4/c1-32-23(29)10-5-3-2-4-6-13-27-24(30)18-9-7-8-17(14-18)15-21-20-16-19(26)11-12-22(20)28-25(21)31/h7-9,11-12,14-16H,2-6,10,13H2,1H3,(H,27,30)(H,28,31)/b21-15-. The Morgan fingerprint density at radius 3 is 2.66 bits per heavy atom. The number of unbranched alkanes of at least 4 members (excludes halogenated alkanes) is 4. The first-order valence-electron chi connectivity index (χ1n) is 10.8. The van der Waals surface area contributed by atoms with Gasteiger partial charge in [-0.2, -0.15) is 0 Å². The third-order valence-electron chi connectivity index (χ3n) is 5.30. The molecule has 2 amide bonds. The molecule has 0 spiro atoms. The molecule has 0 saturated carbocycles. The Balaban J connectivity index is 1.50. The molecule has 0 bridgehead atoms. The van der Waals surface area contributed by atoms with Gasteiger partial charge in [-0.15, -0.1) is 0 Å². The molecule has 2 aromatic rings. The van der Waals surface area contributed by atoms with E-state index < -0.39 is 5.82 Å². The van der Waals surface area contributed by atoms with E-state index in [2.05, 4.69) is 15.4 Å². The van der Waals surface area contributed by atoms with Gasteiger partial charge >= 0.3 is 5.97 Å². The molecule has 0 fully saturated rings. The molecule has 1 aliphatic heterocycles. The second kappa shape index (κ2) is 11.2. The van der Waals surface area contributed by atoms with Crippen LogP contribution in [0.25, 0.3) is 11.6 Å². The lowest BCUT2D eigenvalue weighted by atomic mass is 10.0. The van der Waals surface area contributed by atoms with Crippen molar-refractivity contribution >= 4 is 35.1 Å². The first-order chi connectivity index (χ1) is 15.5. The van der Waals surface area contributed by atoms with Crippen molar-refractivity contribution in [2.24, 2.45) is 0 Å². The van der Waals surface area contributed by atoms with Crippen molar-refractivity contribution in [1.29, 1.82) is 0 Å². The fourth-order valence-corrected chi connectivity index (χ4v) is 3.57. The second-order valence-electron chi connectivity index (χ2n) is 7.68. The van der Waals surface area contributed by atoms with Crippen LogP contribution >= 0.6 is 0 Å². The number of methoxy groups -OCH3 is 1. The molecule has 1 heterocycles. The van der Waals surface area contributed by atoms with Crippen molar-refractivity contribution in [2.45, 2.75) is 38.5 Å². The molecule has 7 heteroatoms. The topological polar surface area (TPSA) is 84.5 Å². The number of carbonyl (C=O) groups is 3. The van der Waals surface area contributed by atoms with Gasteiger partial charge in [-0.1, -0.05) is 31.4 Å². The number of halogens is 1.